The first kappa shape index (κ1) is 8.74. The number of phenolic OH excluding ortho intramolecular Hbond substituents is 1. The first-order chi connectivity index (χ1) is 4.80. The van der Waals surface area contributed by atoms with Crippen molar-refractivity contribution in [2.75, 3.05) is 5.73 Å². The normalized spacial score (nSPS) is 7.80. The van der Waals surface area contributed by atoms with Crippen LogP contribution in [0.25, 0.3) is 0 Å². The van der Waals surface area contributed by atoms with Gasteiger partial charge in [-0.25, -0.2) is 0 Å². The Morgan fingerprint density at radius 3 is 1.90 bits per heavy atom. The minimum Gasteiger partial charge on any atom is -0.506 e. The molecule has 0 atom stereocenters. The van der Waals surface area contributed by atoms with E-state index in [9.17, 15) is 0 Å². The number of rotatable bonds is 0. The van der Waals surface area contributed by atoms with E-state index in [0.717, 1.165) is 0 Å². The molecule has 0 amide bonds. The third-order valence-corrected chi connectivity index (χ3v) is 0.937. The van der Waals surface area contributed by atoms with Crippen LogP contribution in [-0.2, 0) is 0 Å². The van der Waals surface area contributed by atoms with E-state index in [4.69, 9.17) is 10.8 Å². The van der Waals surface area contributed by atoms with E-state index in [0.29, 0.717) is 5.69 Å². The van der Waals surface area contributed by atoms with Crippen molar-refractivity contribution in [3.63, 3.8) is 0 Å². The number of nitrogen functional groups attached to an aromatic ring is 1. The van der Waals surface area contributed by atoms with Crippen molar-refractivity contribution in [3.8, 4) is 5.75 Å². The number of anilines is 1. The monoisotopic (exact) mass is 141 g/mol. The molecule has 0 fully saturated rings. The highest BCUT2D eigenvalue weighted by Gasteiger charge is 1.87. The van der Waals surface area contributed by atoms with Gasteiger partial charge in [0.25, 0.3) is 0 Å². The Kier molecular flexibility index (Phi) is 4.02. The second-order valence-corrected chi connectivity index (χ2v) is 1.56. The van der Waals surface area contributed by atoms with Crippen LogP contribution in [-0.4, -0.2) is 5.11 Å². The SMILES string of the molecule is NN.Nc1ccccc1O. The van der Waals surface area contributed by atoms with E-state index < -0.39 is 0 Å². The van der Waals surface area contributed by atoms with Gasteiger partial charge >= 0.3 is 0 Å². The topological polar surface area (TPSA) is 98.3 Å². The lowest BCUT2D eigenvalue weighted by Crippen LogP contribution is -2.02. The summed E-state index contributed by atoms with van der Waals surface area (Å²) in [6.07, 6.45) is 0. The first-order valence-electron chi connectivity index (χ1n) is 2.67. The molecule has 0 spiro atoms. The summed E-state index contributed by atoms with van der Waals surface area (Å²) in [5.41, 5.74) is 5.69. The summed E-state index contributed by atoms with van der Waals surface area (Å²) in [4.78, 5) is 0. The standard InChI is InChI=1S/C6H7NO.H4N2/c7-5-3-1-2-4-6(5)8;1-2/h1-4,8H,7H2;1-2H2. The fourth-order valence-corrected chi connectivity index (χ4v) is 0.488. The average Bonchev–Trinajstić information content (AvgIpc) is 2.00. The van der Waals surface area contributed by atoms with Crippen molar-refractivity contribution in [1.82, 2.24) is 0 Å². The fourth-order valence-electron chi connectivity index (χ4n) is 0.488. The summed E-state index contributed by atoms with van der Waals surface area (Å²) in [6, 6.07) is 6.70. The molecule has 1 aromatic rings. The van der Waals surface area contributed by atoms with Gasteiger partial charge in [-0.3, -0.25) is 11.7 Å². The maximum absolute atomic E-state index is 8.79. The molecule has 0 aliphatic rings. The van der Waals surface area contributed by atoms with Gasteiger partial charge in [-0.1, -0.05) is 12.1 Å². The fraction of sp³-hybridized carbons (Fsp3) is 0. The van der Waals surface area contributed by atoms with Gasteiger partial charge in [-0.2, -0.15) is 0 Å². The molecule has 0 aliphatic heterocycles. The van der Waals surface area contributed by atoms with Crippen LogP contribution in [0.4, 0.5) is 5.69 Å². The third kappa shape index (κ3) is 2.34. The van der Waals surface area contributed by atoms with Crippen molar-refractivity contribution in [2.24, 2.45) is 11.7 Å². The highest BCUT2D eigenvalue weighted by atomic mass is 16.3. The Labute approximate surface area is 59.2 Å². The van der Waals surface area contributed by atoms with Crippen molar-refractivity contribution >= 4 is 5.69 Å². The molecule has 0 unspecified atom stereocenters. The summed E-state index contributed by atoms with van der Waals surface area (Å²) in [6.45, 7) is 0. The van der Waals surface area contributed by atoms with Gasteiger partial charge in [0.2, 0.25) is 0 Å². The molecular formula is C6H11N3O. The Hall–Kier alpha value is -1.26. The highest BCUT2D eigenvalue weighted by Crippen LogP contribution is 2.16. The van der Waals surface area contributed by atoms with E-state index in [1.807, 2.05) is 0 Å². The molecule has 0 heterocycles. The van der Waals surface area contributed by atoms with Crippen molar-refractivity contribution in [3.05, 3.63) is 24.3 Å². The zero-order valence-electron chi connectivity index (χ0n) is 5.49. The molecule has 1 rings (SSSR count). The number of hydrazine groups is 1. The molecule has 0 bridgehead atoms. The van der Waals surface area contributed by atoms with Crippen LogP contribution in [0.5, 0.6) is 5.75 Å². The minimum absolute atomic E-state index is 0.146. The molecule has 10 heavy (non-hydrogen) atoms. The van der Waals surface area contributed by atoms with Crippen LogP contribution in [0.2, 0.25) is 0 Å². The second kappa shape index (κ2) is 4.60. The Balaban J connectivity index is 0.000000371. The molecule has 0 saturated carbocycles. The minimum atomic E-state index is 0.146. The van der Waals surface area contributed by atoms with Crippen molar-refractivity contribution < 1.29 is 5.11 Å². The largest absolute Gasteiger partial charge is 0.506 e. The van der Waals surface area contributed by atoms with Crippen LogP contribution in [0.3, 0.4) is 0 Å². The molecule has 4 nitrogen and oxygen atoms in total. The predicted molar refractivity (Wildman–Crippen MR) is 40.9 cm³/mol. The zero-order chi connectivity index (χ0) is 7.98. The van der Waals surface area contributed by atoms with Gasteiger partial charge in [0.1, 0.15) is 5.75 Å². The molecule has 0 aliphatic carbocycles. The number of phenols is 1. The van der Waals surface area contributed by atoms with Gasteiger partial charge in [0.15, 0.2) is 0 Å². The maximum atomic E-state index is 8.79. The Morgan fingerprint density at radius 1 is 1.10 bits per heavy atom. The molecule has 1 aromatic carbocycles. The molecular weight excluding hydrogens is 130 g/mol. The van der Waals surface area contributed by atoms with E-state index in [2.05, 4.69) is 11.7 Å². The summed E-state index contributed by atoms with van der Waals surface area (Å²) < 4.78 is 0. The number of para-hydroxylation sites is 2. The van der Waals surface area contributed by atoms with Crippen LogP contribution in [0, 0.1) is 0 Å². The van der Waals surface area contributed by atoms with Crippen molar-refractivity contribution in [1.29, 1.82) is 0 Å². The number of hydrogen-bond donors (Lipinski definition) is 4. The van der Waals surface area contributed by atoms with Crippen molar-refractivity contribution in [2.45, 2.75) is 0 Å². The van der Waals surface area contributed by atoms with Gasteiger partial charge in [0.05, 0.1) is 5.69 Å². The lowest BCUT2D eigenvalue weighted by molar-refractivity contribution is 0.478. The molecule has 0 radical (unpaired) electrons. The van der Waals surface area contributed by atoms with Crippen LogP contribution < -0.4 is 17.4 Å². The zero-order valence-corrected chi connectivity index (χ0v) is 5.49. The van der Waals surface area contributed by atoms with E-state index >= 15 is 0 Å². The average molecular weight is 141 g/mol. The first-order valence-corrected chi connectivity index (χ1v) is 2.67. The molecule has 0 saturated heterocycles. The van der Waals surface area contributed by atoms with Gasteiger partial charge in [-0.15, -0.1) is 0 Å². The summed E-state index contributed by atoms with van der Waals surface area (Å²) >= 11 is 0. The van der Waals surface area contributed by atoms with E-state index in [1.54, 1.807) is 24.3 Å². The Bertz CT molecular complexity index is 169. The smallest absolute Gasteiger partial charge is 0.138 e. The molecule has 7 N–H and O–H groups in total. The van der Waals surface area contributed by atoms with E-state index in [1.165, 1.54) is 0 Å². The van der Waals surface area contributed by atoms with Crippen LogP contribution >= 0.6 is 0 Å². The highest BCUT2D eigenvalue weighted by molar-refractivity contribution is 5.50. The molecule has 56 valence electrons. The van der Waals surface area contributed by atoms with Gasteiger partial charge in [-0.05, 0) is 12.1 Å². The van der Waals surface area contributed by atoms with E-state index in [-0.39, 0.29) is 5.75 Å². The van der Waals surface area contributed by atoms with Gasteiger partial charge < -0.3 is 10.8 Å². The number of benzene rings is 1. The molecule has 0 aromatic heterocycles. The lowest BCUT2D eigenvalue weighted by atomic mass is 10.3. The summed E-state index contributed by atoms with van der Waals surface area (Å²) in [7, 11) is 0. The summed E-state index contributed by atoms with van der Waals surface area (Å²) in [5, 5.41) is 8.79. The third-order valence-electron chi connectivity index (χ3n) is 0.937. The lowest BCUT2D eigenvalue weighted by Gasteiger charge is -1.92. The van der Waals surface area contributed by atoms with Crippen LogP contribution in [0.1, 0.15) is 0 Å². The quantitative estimate of drug-likeness (QED) is 0.174. The number of nitrogens with two attached hydrogens (primary N) is 3. The summed E-state index contributed by atoms with van der Waals surface area (Å²) in [5.74, 6) is 8.15. The predicted octanol–water partition coefficient (Wildman–Crippen LogP) is -0.207. The molecule has 4 heteroatoms. The van der Waals surface area contributed by atoms with Gasteiger partial charge in [0, 0.05) is 0 Å². The Morgan fingerprint density at radius 2 is 1.60 bits per heavy atom. The maximum Gasteiger partial charge on any atom is 0.138 e. The number of hydrogen-bond acceptors (Lipinski definition) is 4. The number of aromatic hydroxyl groups is 1. The van der Waals surface area contributed by atoms with Crippen LogP contribution in [0.15, 0.2) is 24.3 Å². The second-order valence-electron chi connectivity index (χ2n) is 1.56.